The molecule has 0 bridgehead atoms. The van der Waals surface area contributed by atoms with Gasteiger partial charge in [-0.3, -0.25) is 14.4 Å². The monoisotopic (exact) mass is 781 g/mol. The van der Waals surface area contributed by atoms with E-state index in [0.29, 0.717) is 19.3 Å². The molecule has 0 aromatic carbocycles. The van der Waals surface area contributed by atoms with Gasteiger partial charge < -0.3 is 14.2 Å². The van der Waals surface area contributed by atoms with Crippen molar-refractivity contribution < 1.29 is 28.6 Å². The number of carbonyl (C=O) groups is 3. The molecule has 0 fully saturated rings. The molecule has 0 radical (unpaired) electrons. The Balaban J connectivity index is 4.49. The minimum Gasteiger partial charge on any atom is -0.462 e. The van der Waals surface area contributed by atoms with Crippen LogP contribution in [0.2, 0.25) is 0 Å². The third-order valence-corrected chi connectivity index (χ3v) is 9.46. The van der Waals surface area contributed by atoms with E-state index in [4.69, 9.17) is 14.2 Å². The summed E-state index contributed by atoms with van der Waals surface area (Å²) in [7, 11) is 0. The number of hydrogen-bond acceptors (Lipinski definition) is 6. The molecule has 0 spiro atoms. The highest BCUT2D eigenvalue weighted by molar-refractivity contribution is 5.71. The molecule has 6 nitrogen and oxygen atoms in total. The highest BCUT2D eigenvalue weighted by Crippen LogP contribution is 2.12. The smallest absolute Gasteiger partial charge is 0.306 e. The highest BCUT2D eigenvalue weighted by Gasteiger charge is 2.19. The minimum absolute atomic E-state index is 0.108. The van der Waals surface area contributed by atoms with Crippen molar-refractivity contribution in [3.05, 3.63) is 72.9 Å². The summed E-state index contributed by atoms with van der Waals surface area (Å²) < 4.78 is 16.6. The fourth-order valence-corrected chi connectivity index (χ4v) is 6.01. The van der Waals surface area contributed by atoms with Crippen LogP contribution in [0.1, 0.15) is 207 Å². The topological polar surface area (TPSA) is 78.9 Å². The lowest BCUT2D eigenvalue weighted by atomic mass is 10.1. The maximum atomic E-state index is 12.7. The van der Waals surface area contributed by atoms with Crippen molar-refractivity contribution in [1.82, 2.24) is 0 Å². The molecule has 1 unspecified atom stereocenters. The lowest BCUT2D eigenvalue weighted by Crippen LogP contribution is -2.30. The lowest BCUT2D eigenvalue weighted by molar-refractivity contribution is -0.166. The molecule has 1 atom stereocenters. The van der Waals surface area contributed by atoms with Gasteiger partial charge >= 0.3 is 17.9 Å². The number of rotatable bonds is 40. The van der Waals surface area contributed by atoms with E-state index < -0.39 is 6.10 Å². The van der Waals surface area contributed by atoms with Crippen LogP contribution in [0.5, 0.6) is 0 Å². The molecule has 0 heterocycles. The largest absolute Gasteiger partial charge is 0.462 e. The first kappa shape index (κ1) is 52.9. The Morgan fingerprint density at radius 1 is 0.375 bits per heavy atom. The van der Waals surface area contributed by atoms with Crippen LogP contribution in [0.3, 0.4) is 0 Å². The second-order valence-electron chi connectivity index (χ2n) is 14.9. The fraction of sp³-hybridized carbons (Fsp3) is 0.700. The van der Waals surface area contributed by atoms with E-state index in [-0.39, 0.29) is 37.5 Å². The molecule has 0 aliphatic carbocycles. The summed E-state index contributed by atoms with van der Waals surface area (Å²) in [5.41, 5.74) is 0. The van der Waals surface area contributed by atoms with Crippen LogP contribution in [-0.2, 0) is 28.6 Å². The molecule has 6 heteroatoms. The average molecular weight is 781 g/mol. The molecular weight excluding hydrogens is 697 g/mol. The molecule has 0 aliphatic heterocycles. The third kappa shape index (κ3) is 42.0. The van der Waals surface area contributed by atoms with Crippen molar-refractivity contribution in [1.29, 1.82) is 0 Å². The number of carbonyl (C=O) groups excluding carboxylic acids is 3. The van der Waals surface area contributed by atoms with Gasteiger partial charge in [-0.15, -0.1) is 0 Å². The zero-order chi connectivity index (χ0) is 40.8. The Kier molecular flexibility index (Phi) is 42.1. The predicted molar refractivity (Wildman–Crippen MR) is 238 cm³/mol. The number of hydrogen-bond donors (Lipinski definition) is 0. The van der Waals surface area contributed by atoms with E-state index in [1.54, 1.807) is 0 Å². The fourth-order valence-electron chi connectivity index (χ4n) is 6.01. The van der Waals surface area contributed by atoms with Crippen LogP contribution in [0.15, 0.2) is 72.9 Å². The molecule has 0 N–H and O–H groups in total. The number of ether oxygens (including phenoxy) is 3. The van der Waals surface area contributed by atoms with E-state index >= 15 is 0 Å². The van der Waals surface area contributed by atoms with Crippen LogP contribution in [0, 0.1) is 0 Å². The Bertz CT molecular complexity index is 1080. The minimum atomic E-state index is -0.814. The van der Waals surface area contributed by atoms with Gasteiger partial charge in [-0.05, 0) is 77.0 Å². The molecule has 56 heavy (non-hydrogen) atoms. The van der Waals surface area contributed by atoms with Crippen LogP contribution >= 0.6 is 0 Å². The van der Waals surface area contributed by atoms with Gasteiger partial charge in [0.1, 0.15) is 13.2 Å². The summed E-state index contributed by atoms with van der Waals surface area (Å²) in [6.45, 7) is 6.40. The SMILES string of the molecule is CC/C=C\C/C=C\C/C=C\C/C=C\CCCCCC(=O)OCC(COC(=O)CCCCCCCCCCC)OC(=O)CC/C=C\C/C=C\CCCCCCCC. The molecule has 0 amide bonds. The van der Waals surface area contributed by atoms with Gasteiger partial charge in [0.2, 0.25) is 0 Å². The van der Waals surface area contributed by atoms with Crippen LogP contribution in [0.4, 0.5) is 0 Å². The Morgan fingerprint density at radius 2 is 0.732 bits per heavy atom. The molecule has 0 aromatic rings. The van der Waals surface area contributed by atoms with Crippen LogP contribution < -0.4 is 0 Å². The van der Waals surface area contributed by atoms with E-state index in [0.717, 1.165) is 83.5 Å². The van der Waals surface area contributed by atoms with Crippen molar-refractivity contribution >= 4 is 17.9 Å². The third-order valence-electron chi connectivity index (χ3n) is 9.46. The quantitative estimate of drug-likeness (QED) is 0.0267. The molecule has 0 rings (SSSR count). The molecule has 320 valence electrons. The summed E-state index contributed by atoms with van der Waals surface area (Å²) in [6.07, 6.45) is 54.7. The first-order valence-electron chi connectivity index (χ1n) is 22.9. The standard InChI is InChI=1S/C50H84O6/c1-4-7-10-13-16-19-21-23-24-25-27-28-31-34-37-40-43-49(52)55-46-47(45-54-48(51)42-39-36-33-30-18-15-12-9-6-3)56-50(53)44-41-38-35-32-29-26-22-20-17-14-11-8-5-2/h7,10,16,19,23-24,26-29,35,38,47H,4-6,8-9,11-15,17-18,20-22,25,30-34,36-37,39-46H2,1-3H3/b10-7-,19-16-,24-23-,28-27-,29-26-,38-35-. The van der Waals surface area contributed by atoms with Gasteiger partial charge in [0, 0.05) is 19.3 Å². The van der Waals surface area contributed by atoms with Crippen molar-refractivity contribution in [3.63, 3.8) is 0 Å². The normalized spacial score (nSPS) is 12.7. The van der Waals surface area contributed by atoms with Gasteiger partial charge in [0.05, 0.1) is 0 Å². The predicted octanol–water partition coefficient (Wildman–Crippen LogP) is 14.7. The highest BCUT2D eigenvalue weighted by atomic mass is 16.6. The van der Waals surface area contributed by atoms with E-state index in [1.165, 1.54) is 77.0 Å². The number of unbranched alkanes of at least 4 members (excludes halogenated alkanes) is 17. The van der Waals surface area contributed by atoms with Gasteiger partial charge in [0.25, 0.3) is 0 Å². The number of allylic oxidation sites excluding steroid dienone is 12. The average Bonchev–Trinajstić information content (AvgIpc) is 3.19. The molecule has 0 saturated heterocycles. The van der Waals surface area contributed by atoms with Gasteiger partial charge in [-0.25, -0.2) is 0 Å². The van der Waals surface area contributed by atoms with Crippen molar-refractivity contribution in [3.8, 4) is 0 Å². The molecule has 0 aromatic heterocycles. The summed E-state index contributed by atoms with van der Waals surface area (Å²) in [6, 6.07) is 0. The Hall–Kier alpha value is -3.15. The van der Waals surface area contributed by atoms with Crippen LogP contribution in [-0.4, -0.2) is 37.2 Å². The van der Waals surface area contributed by atoms with Crippen molar-refractivity contribution in [2.24, 2.45) is 0 Å². The summed E-state index contributed by atoms with van der Waals surface area (Å²) in [4.78, 5) is 37.7. The Morgan fingerprint density at radius 3 is 1.18 bits per heavy atom. The molecule has 0 aliphatic rings. The number of esters is 3. The first-order valence-corrected chi connectivity index (χ1v) is 22.9. The zero-order valence-corrected chi connectivity index (χ0v) is 36.4. The van der Waals surface area contributed by atoms with Gasteiger partial charge in [-0.2, -0.15) is 0 Å². The molecule has 0 saturated carbocycles. The van der Waals surface area contributed by atoms with Crippen molar-refractivity contribution in [2.75, 3.05) is 13.2 Å². The van der Waals surface area contributed by atoms with E-state index in [9.17, 15) is 14.4 Å². The van der Waals surface area contributed by atoms with E-state index in [1.807, 2.05) is 6.08 Å². The lowest BCUT2D eigenvalue weighted by Gasteiger charge is -2.18. The summed E-state index contributed by atoms with van der Waals surface area (Å²) in [5.74, 6) is -1.02. The summed E-state index contributed by atoms with van der Waals surface area (Å²) >= 11 is 0. The molecular formula is C50H84O6. The summed E-state index contributed by atoms with van der Waals surface area (Å²) in [5, 5.41) is 0. The van der Waals surface area contributed by atoms with Gasteiger partial charge in [0.15, 0.2) is 6.10 Å². The second-order valence-corrected chi connectivity index (χ2v) is 14.9. The second kappa shape index (κ2) is 44.6. The Labute approximate surface area is 344 Å². The first-order chi connectivity index (χ1) is 27.5. The maximum Gasteiger partial charge on any atom is 0.306 e. The van der Waals surface area contributed by atoms with Crippen LogP contribution in [0.25, 0.3) is 0 Å². The van der Waals surface area contributed by atoms with Crippen molar-refractivity contribution in [2.45, 2.75) is 213 Å². The van der Waals surface area contributed by atoms with Gasteiger partial charge in [-0.1, -0.05) is 184 Å². The zero-order valence-electron chi connectivity index (χ0n) is 36.4. The van der Waals surface area contributed by atoms with E-state index in [2.05, 4.69) is 87.6 Å². The maximum absolute atomic E-state index is 12.7.